The molecule has 4 saturated carbocycles. The van der Waals surface area contributed by atoms with Gasteiger partial charge in [0, 0.05) is 23.2 Å². The van der Waals surface area contributed by atoms with Crippen molar-refractivity contribution in [2.75, 3.05) is 11.9 Å². The molecule has 0 aliphatic heterocycles. The van der Waals surface area contributed by atoms with Crippen LogP contribution in [0.15, 0.2) is 54.7 Å². The Morgan fingerprint density at radius 1 is 0.953 bits per heavy atom. The van der Waals surface area contributed by atoms with Crippen molar-refractivity contribution in [3.63, 3.8) is 0 Å². The van der Waals surface area contributed by atoms with Gasteiger partial charge in [0.2, 0.25) is 11.9 Å². The Morgan fingerprint density at radius 3 is 2.37 bits per heavy atom. The molecule has 220 valence electrons. The fourth-order valence-electron chi connectivity index (χ4n) is 7.61. The van der Waals surface area contributed by atoms with Crippen molar-refractivity contribution >= 4 is 40.6 Å². The average molecular weight is 581 g/mol. The van der Waals surface area contributed by atoms with Crippen molar-refractivity contribution in [3.8, 4) is 5.69 Å². The van der Waals surface area contributed by atoms with Gasteiger partial charge in [-0.2, -0.15) is 9.67 Å². The lowest BCUT2D eigenvalue weighted by atomic mass is 9.49. The first-order valence-electron chi connectivity index (χ1n) is 14.7. The van der Waals surface area contributed by atoms with E-state index >= 15 is 0 Å². The largest absolute Gasteiger partial charge is 0.480 e. The summed E-state index contributed by atoms with van der Waals surface area (Å²) in [6.45, 7) is 0.000952. The third kappa shape index (κ3) is 5.40. The minimum absolute atomic E-state index is 0.179. The molecule has 43 heavy (non-hydrogen) atoms. The van der Waals surface area contributed by atoms with Gasteiger partial charge in [-0.15, -0.1) is 5.10 Å². The van der Waals surface area contributed by atoms with Crippen molar-refractivity contribution in [2.45, 2.75) is 45.1 Å². The van der Waals surface area contributed by atoms with E-state index in [1.54, 1.807) is 35.1 Å². The average Bonchev–Trinajstić information content (AvgIpc) is 3.42. The first kappa shape index (κ1) is 27.0. The molecule has 4 aliphatic carbocycles. The SMILES string of the molecule is O=C(O)CNC(=O)c1ccc(Nc2ncc3nnn(-c4cccc(CNC(=O)C56CC7CC(CC(C7)C5)C6)c4)c3n2)cc1. The predicted molar refractivity (Wildman–Crippen MR) is 157 cm³/mol. The van der Waals surface area contributed by atoms with E-state index in [1.807, 2.05) is 24.3 Å². The number of anilines is 2. The predicted octanol–water partition coefficient (Wildman–Crippen LogP) is 3.60. The fraction of sp³-hybridized carbons (Fsp3) is 0.387. The maximum atomic E-state index is 13.4. The van der Waals surface area contributed by atoms with Gasteiger partial charge in [0.1, 0.15) is 6.54 Å². The number of benzene rings is 2. The van der Waals surface area contributed by atoms with Gasteiger partial charge in [0.15, 0.2) is 11.2 Å². The number of carboxylic acids is 1. The molecule has 0 unspecified atom stereocenters. The van der Waals surface area contributed by atoms with Gasteiger partial charge in [-0.25, -0.2) is 4.98 Å². The normalized spacial score (nSPS) is 23.7. The lowest BCUT2D eigenvalue weighted by Gasteiger charge is -2.55. The number of aromatic nitrogens is 5. The molecular weight excluding hydrogens is 548 g/mol. The van der Waals surface area contributed by atoms with Crippen LogP contribution in [0.3, 0.4) is 0 Å². The molecule has 0 atom stereocenters. The summed E-state index contributed by atoms with van der Waals surface area (Å²) < 4.78 is 1.64. The van der Waals surface area contributed by atoms with Crippen LogP contribution < -0.4 is 16.0 Å². The summed E-state index contributed by atoms with van der Waals surface area (Å²) >= 11 is 0. The van der Waals surface area contributed by atoms with Crippen LogP contribution in [0.5, 0.6) is 0 Å². The van der Waals surface area contributed by atoms with Crippen molar-refractivity contribution in [2.24, 2.45) is 23.2 Å². The van der Waals surface area contributed by atoms with E-state index in [2.05, 4.69) is 36.2 Å². The van der Waals surface area contributed by atoms with Crippen LogP contribution in [-0.4, -0.2) is 54.4 Å². The molecule has 0 spiro atoms. The molecule has 2 aromatic heterocycles. The van der Waals surface area contributed by atoms with E-state index in [1.165, 1.54) is 19.3 Å². The van der Waals surface area contributed by atoms with Crippen LogP contribution in [0.1, 0.15) is 54.4 Å². The fourth-order valence-corrected chi connectivity index (χ4v) is 7.61. The lowest BCUT2D eigenvalue weighted by Crippen LogP contribution is -2.53. The lowest BCUT2D eigenvalue weighted by molar-refractivity contribution is -0.146. The van der Waals surface area contributed by atoms with E-state index in [4.69, 9.17) is 5.11 Å². The number of carboxylic acid groups (broad SMARTS) is 1. The van der Waals surface area contributed by atoms with Gasteiger partial charge in [-0.3, -0.25) is 14.4 Å². The molecule has 4 N–H and O–H groups in total. The molecule has 4 aliphatic rings. The molecule has 0 radical (unpaired) electrons. The van der Waals surface area contributed by atoms with Crippen LogP contribution in [0, 0.1) is 23.2 Å². The number of nitrogens with zero attached hydrogens (tertiary/aromatic N) is 5. The summed E-state index contributed by atoms with van der Waals surface area (Å²) in [7, 11) is 0. The first-order chi connectivity index (χ1) is 20.8. The Bertz CT molecular complexity index is 1680. The molecule has 8 rings (SSSR count). The van der Waals surface area contributed by atoms with Crippen molar-refractivity contribution in [1.29, 1.82) is 0 Å². The highest BCUT2D eigenvalue weighted by molar-refractivity contribution is 5.96. The summed E-state index contributed by atoms with van der Waals surface area (Å²) in [5.41, 5.74) is 3.57. The monoisotopic (exact) mass is 580 g/mol. The zero-order valence-corrected chi connectivity index (χ0v) is 23.5. The summed E-state index contributed by atoms with van der Waals surface area (Å²) in [4.78, 5) is 45.2. The number of nitrogens with one attached hydrogen (secondary N) is 3. The van der Waals surface area contributed by atoms with E-state index in [-0.39, 0.29) is 11.3 Å². The third-order valence-corrected chi connectivity index (χ3v) is 9.12. The summed E-state index contributed by atoms with van der Waals surface area (Å²) in [5, 5.41) is 26.0. The summed E-state index contributed by atoms with van der Waals surface area (Å²) in [5.74, 6) is 1.10. The van der Waals surface area contributed by atoms with E-state index < -0.39 is 18.4 Å². The highest BCUT2D eigenvalue weighted by Gasteiger charge is 2.54. The van der Waals surface area contributed by atoms with Crippen LogP contribution in [-0.2, 0) is 16.1 Å². The van der Waals surface area contributed by atoms with Gasteiger partial charge in [-0.1, -0.05) is 17.3 Å². The second-order valence-electron chi connectivity index (χ2n) is 12.2. The van der Waals surface area contributed by atoms with Crippen LogP contribution in [0.25, 0.3) is 16.9 Å². The molecule has 12 heteroatoms. The zero-order chi connectivity index (χ0) is 29.6. The van der Waals surface area contributed by atoms with E-state index in [0.717, 1.165) is 48.3 Å². The summed E-state index contributed by atoms with van der Waals surface area (Å²) in [6, 6.07) is 14.4. The Labute approximate surface area is 247 Å². The van der Waals surface area contributed by atoms with Crippen LogP contribution >= 0.6 is 0 Å². The Hall–Kier alpha value is -4.87. The van der Waals surface area contributed by atoms with E-state index in [0.29, 0.717) is 34.9 Å². The molecule has 2 heterocycles. The standard InChI is InChI=1S/C31H32N8O4/c40-26(41)17-32-28(42)22-4-6-23(7-5-22)35-30-34-16-25-27(36-30)39(38-37-25)24-3-1-2-18(11-24)15-33-29(43)31-12-19-8-20(13-31)10-21(9-19)14-31/h1-7,11,16,19-21H,8-10,12-15,17H2,(H,32,42)(H,33,43)(H,40,41)(H,34,35,36). The van der Waals surface area contributed by atoms with Gasteiger partial charge in [0.05, 0.1) is 11.9 Å². The Balaban J connectivity index is 1.04. The molecular formula is C31H32N8O4. The van der Waals surface area contributed by atoms with Crippen molar-refractivity contribution in [3.05, 3.63) is 65.9 Å². The van der Waals surface area contributed by atoms with Gasteiger partial charge < -0.3 is 21.1 Å². The second-order valence-corrected chi connectivity index (χ2v) is 12.2. The molecule has 4 aromatic rings. The number of amides is 2. The smallest absolute Gasteiger partial charge is 0.322 e. The second kappa shape index (κ2) is 10.8. The molecule has 0 saturated heterocycles. The van der Waals surface area contributed by atoms with Gasteiger partial charge >= 0.3 is 5.97 Å². The Morgan fingerprint density at radius 2 is 1.67 bits per heavy atom. The number of hydrogen-bond donors (Lipinski definition) is 4. The number of aliphatic carboxylic acids is 1. The van der Waals surface area contributed by atoms with Crippen molar-refractivity contribution < 1.29 is 19.5 Å². The molecule has 2 aromatic carbocycles. The number of fused-ring (bicyclic) bond motifs is 1. The number of carbonyl (C=O) groups excluding carboxylic acids is 2. The summed E-state index contributed by atoms with van der Waals surface area (Å²) in [6.07, 6.45) is 8.62. The number of carbonyl (C=O) groups is 3. The molecule has 4 fully saturated rings. The molecule has 4 bridgehead atoms. The van der Waals surface area contributed by atoms with Gasteiger partial charge in [-0.05, 0) is 98.2 Å². The van der Waals surface area contributed by atoms with Crippen LogP contribution in [0.2, 0.25) is 0 Å². The maximum absolute atomic E-state index is 13.4. The van der Waals surface area contributed by atoms with E-state index in [9.17, 15) is 14.4 Å². The highest BCUT2D eigenvalue weighted by Crippen LogP contribution is 2.60. The molecule has 2 amide bonds. The first-order valence-corrected chi connectivity index (χ1v) is 14.7. The topological polar surface area (TPSA) is 164 Å². The Kier molecular flexibility index (Phi) is 6.75. The van der Waals surface area contributed by atoms with Gasteiger partial charge in [0.25, 0.3) is 5.91 Å². The highest BCUT2D eigenvalue weighted by atomic mass is 16.4. The number of rotatable bonds is 9. The minimum atomic E-state index is -1.11. The maximum Gasteiger partial charge on any atom is 0.322 e. The molecule has 12 nitrogen and oxygen atoms in total. The number of hydrogen-bond acceptors (Lipinski definition) is 8. The zero-order valence-electron chi connectivity index (χ0n) is 23.5. The quantitative estimate of drug-likeness (QED) is 0.232. The van der Waals surface area contributed by atoms with Crippen molar-refractivity contribution in [1.82, 2.24) is 35.6 Å². The van der Waals surface area contributed by atoms with Crippen LogP contribution in [0.4, 0.5) is 11.6 Å². The third-order valence-electron chi connectivity index (χ3n) is 9.12. The minimum Gasteiger partial charge on any atom is -0.480 e.